The van der Waals surface area contributed by atoms with Crippen molar-refractivity contribution in [3.8, 4) is 0 Å². The number of hydrogen-bond acceptors (Lipinski definition) is 18. The van der Waals surface area contributed by atoms with Crippen LogP contribution in [0.1, 0.15) is 0 Å². The molecular weight excluding hydrogens is 590 g/mol. The Hall–Kier alpha value is 5.67. The summed E-state index contributed by atoms with van der Waals surface area (Å²) in [5.74, 6) is 0. The molecule has 144 valence electrons. The van der Waals surface area contributed by atoms with Gasteiger partial charge in [-0.15, -0.1) is 0 Å². The van der Waals surface area contributed by atoms with Gasteiger partial charge in [0.2, 0.25) is 0 Å². The predicted molar refractivity (Wildman–Crippen MR) is 57.9 cm³/mol. The molecule has 18 nitrogen and oxygen atoms in total. The van der Waals surface area contributed by atoms with Gasteiger partial charge in [0.25, 0.3) is 46.9 Å². The van der Waals surface area contributed by atoms with Crippen molar-refractivity contribution in [3.63, 3.8) is 0 Å². The third-order valence-electron chi connectivity index (χ3n) is 1.20. The van der Waals surface area contributed by atoms with Gasteiger partial charge in [0, 0.05) is 0 Å². The molecule has 1 fully saturated rings. The van der Waals surface area contributed by atoms with Crippen LogP contribution in [0.15, 0.2) is 0 Å². The first-order valence-electron chi connectivity index (χ1n) is 4.38. The average molecular weight is 590 g/mol. The molecule has 0 aromatic carbocycles. The smallest absolute Gasteiger partial charge is 0.756 e. The molecule has 0 unspecified atom stereocenters. The molecule has 0 radical (unpaired) electrons. The van der Waals surface area contributed by atoms with Gasteiger partial charge in [-0.3, -0.25) is 27.4 Å². The Kier molecular flexibility index (Phi) is 24.3. The normalized spacial score (nSPS) is 45.7. The SMILES string of the molecule is O=P1([O-])OP(=O)([O-])OP(=O)([O-])OP(=O)([O-])OP(=O)([O-])OP(=O)([O-])O1.[Mg+2].[Na+].[Na+].[Na+].[Na+]. The number of phosphoric acid groups is 6. The van der Waals surface area contributed by atoms with Crippen molar-refractivity contribution in [1.82, 2.24) is 0 Å². The molecule has 0 amide bonds. The molecule has 29 heteroatoms. The van der Waals surface area contributed by atoms with E-state index in [1.807, 2.05) is 0 Å². The molecule has 0 aromatic rings. The fourth-order valence-electron chi connectivity index (χ4n) is 0.824. The van der Waals surface area contributed by atoms with Crippen LogP contribution >= 0.6 is 46.9 Å². The van der Waals surface area contributed by atoms with Gasteiger partial charge in [-0.05, 0) is 0 Å². The number of rotatable bonds is 0. The maximum absolute atomic E-state index is 11.0. The van der Waals surface area contributed by atoms with Crippen molar-refractivity contribution in [2.75, 3.05) is 0 Å². The summed E-state index contributed by atoms with van der Waals surface area (Å²) in [7, 11) is -39.3. The molecule has 0 saturated carbocycles. The first kappa shape index (κ1) is 44.6. The van der Waals surface area contributed by atoms with Crippen LogP contribution < -0.4 is 148 Å². The van der Waals surface area contributed by atoms with E-state index in [1.165, 1.54) is 0 Å². The predicted octanol–water partition coefficient (Wildman–Crippen LogP) is -15.5. The largest absolute Gasteiger partial charge is 2.00 e. The third kappa shape index (κ3) is 19.4. The molecule has 1 saturated heterocycles. The van der Waals surface area contributed by atoms with Gasteiger partial charge < -0.3 is 29.4 Å². The summed E-state index contributed by atoms with van der Waals surface area (Å²) in [6.45, 7) is 0. The molecular formula is MgNa4O18P6. The van der Waals surface area contributed by atoms with Gasteiger partial charge >= 0.3 is 141 Å². The van der Waals surface area contributed by atoms with E-state index in [0.717, 1.165) is 0 Å². The van der Waals surface area contributed by atoms with Gasteiger partial charge in [0.05, 0.1) is 0 Å². The Balaban J connectivity index is -0.000000384. The molecule has 29 heavy (non-hydrogen) atoms. The standard InChI is InChI=1S/Mg.4Na.H6O18P6/c;;;;;1-19(2)13-20(3,4)15-22(7,8)17-24(11,12)18-23(9,10)16-21(5,6)14-19/h;;;;;(H,1,2)(H,3,4)(H,5,6)(H,7,8)(H,9,10)(H,11,12)/q+2;4*+1;/p-6. The van der Waals surface area contributed by atoms with E-state index >= 15 is 0 Å². The fraction of sp³-hybridized carbons (Fsp3) is 0. The summed E-state index contributed by atoms with van der Waals surface area (Å²) in [5.41, 5.74) is 0. The van der Waals surface area contributed by atoms with E-state index in [4.69, 9.17) is 0 Å². The van der Waals surface area contributed by atoms with E-state index in [-0.39, 0.29) is 141 Å². The monoisotopic (exact) mass is 590 g/mol. The van der Waals surface area contributed by atoms with Crippen molar-refractivity contribution in [3.05, 3.63) is 0 Å². The molecule has 0 bridgehead atoms. The van der Waals surface area contributed by atoms with Gasteiger partial charge in [0.1, 0.15) is 0 Å². The van der Waals surface area contributed by atoms with Crippen molar-refractivity contribution >= 4 is 70.0 Å². The van der Waals surface area contributed by atoms with Gasteiger partial charge in [0.15, 0.2) is 0 Å². The van der Waals surface area contributed by atoms with Crippen molar-refractivity contribution in [2.24, 2.45) is 0 Å². The first-order valence-corrected chi connectivity index (χ1v) is 13.1. The van der Waals surface area contributed by atoms with Crippen LogP contribution in [0, 0.1) is 0 Å². The molecule has 0 spiro atoms. The fourth-order valence-corrected chi connectivity index (χ4v) is 9.03. The zero-order valence-corrected chi connectivity index (χ0v) is 29.5. The van der Waals surface area contributed by atoms with E-state index in [0.29, 0.717) is 0 Å². The minimum atomic E-state index is -6.56. The maximum Gasteiger partial charge on any atom is 2.00 e. The van der Waals surface area contributed by atoms with E-state index in [9.17, 15) is 56.8 Å². The van der Waals surface area contributed by atoms with Crippen LogP contribution in [-0.2, 0) is 53.3 Å². The molecule has 0 aliphatic carbocycles. The van der Waals surface area contributed by atoms with Gasteiger partial charge in [-0.2, -0.15) is 0 Å². The molecule has 0 aromatic heterocycles. The topological polar surface area (TPSA) is 296 Å². The summed E-state index contributed by atoms with van der Waals surface area (Å²) in [4.78, 5) is 65.8. The van der Waals surface area contributed by atoms with E-state index in [2.05, 4.69) is 25.9 Å². The maximum atomic E-state index is 11.0. The Morgan fingerprint density at radius 1 is 0.345 bits per heavy atom. The van der Waals surface area contributed by atoms with Crippen LogP contribution in [0.25, 0.3) is 0 Å². The van der Waals surface area contributed by atoms with Crippen molar-refractivity contribution in [2.45, 2.75) is 0 Å². The molecule has 1 rings (SSSR count). The van der Waals surface area contributed by atoms with Crippen LogP contribution in [0.5, 0.6) is 0 Å². The average Bonchev–Trinajstić information content (AvgIpc) is 1.98. The zero-order chi connectivity index (χ0) is 19.2. The third-order valence-corrected chi connectivity index (χ3v) is 10.8. The molecule has 1 aliphatic rings. The Labute approximate surface area is 266 Å². The Morgan fingerprint density at radius 2 is 0.414 bits per heavy atom. The second kappa shape index (κ2) is 15.8. The van der Waals surface area contributed by atoms with Gasteiger partial charge in [-0.1, -0.05) is 0 Å². The molecule has 1 aliphatic heterocycles. The van der Waals surface area contributed by atoms with Crippen LogP contribution in [0.3, 0.4) is 0 Å². The molecule has 0 N–H and O–H groups in total. The van der Waals surface area contributed by atoms with Crippen molar-refractivity contribution < 1.29 is 201 Å². The summed E-state index contributed by atoms with van der Waals surface area (Å²) >= 11 is 0. The quantitative estimate of drug-likeness (QED) is 0.187. The van der Waals surface area contributed by atoms with Crippen LogP contribution in [0.2, 0.25) is 0 Å². The molecule has 1 heterocycles. The van der Waals surface area contributed by atoms with Crippen molar-refractivity contribution in [1.29, 1.82) is 0 Å². The zero-order valence-electron chi connectivity index (χ0n) is 14.7. The minimum absolute atomic E-state index is 0. The van der Waals surface area contributed by atoms with E-state index in [1.54, 1.807) is 0 Å². The Morgan fingerprint density at radius 3 is 0.483 bits per heavy atom. The van der Waals surface area contributed by atoms with Crippen LogP contribution in [0.4, 0.5) is 0 Å². The summed E-state index contributed by atoms with van der Waals surface area (Å²) in [5, 5.41) is 0. The second-order valence-electron chi connectivity index (χ2n) is 3.17. The first-order chi connectivity index (χ1) is 10.2. The summed E-state index contributed by atoms with van der Waals surface area (Å²) < 4.78 is 83.4. The Bertz CT molecular complexity index is 598. The second-order valence-corrected chi connectivity index (χ2v) is 12.5. The molecule has 0 atom stereocenters. The van der Waals surface area contributed by atoms with E-state index < -0.39 is 46.9 Å². The van der Waals surface area contributed by atoms with Crippen LogP contribution in [-0.4, -0.2) is 23.1 Å². The summed E-state index contributed by atoms with van der Waals surface area (Å²) in [6, 6.07) is 0. The number of hydrogen-bond donors (Lipinski definition) is 0. The summed E-state index contributed by atoms with van der Waals surface area (Å²) in [6.07, 6.45) is 0. The van der Waals surface area contributed by atoms with Gasteiger partial charge in [-0.25, -0.2) is 25.9 Å². The minimum Gasteiger partial charge on any atom is -0.756 e.